The number of rotatable bonds is 10. The molecule has 0 bridgehead atoms. The molecule has 4 heteroatoms. The van der Waals surface area contributed by atoms with Crippen molar-refractivity contribution < 1.29 is 9.90 Å². The summed E-state index contributed by atoms with van der Waals surface area (Å²) in [5, 5.41) is 7.83. The van der Waals surface area contributed by atoms with Crippen molar-refractivity contribution in [2.75, 3.05) is 13.1 Å². The zero-order valence-corrected chi connectivity index (χ0v) is 11.3. The summed E-state index contributed by atoms with van der Waals surface area (Å²) in [4.78, 5) is 9.52. The molecule has 0 atom stereocenters. The number of carboxylic acid groups (broad SMARTS) is 1. The molecular formula is C13H30N2O2. The normalized spacial score (nSPS) is 9.59. The monoisotopic (exact) mass is 246 g/mol. The minimum atomic E-state index is -0.836. The van der Waals surface area contributed by atoms with Crippen LogP contribution in [-0.4, -0.2) is 24.2 Å². The van der Waals surface area contributed by atoms with Crippen LogP contribution in [0.2, 0.25) is 0 Å². The maximum Gasteiger partial charge on any atom is 0.304 e. The first kappa shape index (κ1) is 18.7. The highest BCUT2D eigenvalue weighted by atomic mass is 16.4. The third kappa shape index (κ3) is 25.6. The van der Waals surface area contributed by atoms with E-state index in [-0.39, 0.29) is 13.0 Å². The van der Waals surface area contributed by atoms with Crippen molar-refractivity contribution in [3.8, 4) is 0 Å². The Balaban J connectivity index is 0. The number of unbranched alkanes of at least 4 members (excludes halogenated alkanes) is 7. The van der Waals surface area contributed by atoms with E-state index >= 15 is 0 Å². The highest BCUT2D eigenvalue weighted by Crippen LogP contribution is 2.07. The predicted molar refractivity (Wildman–Crippen MR) is 73.0 cm³/mol. The standard InChI is InChI=1S/C10H23N.C3H7NO2/c1-2-3-4-5-6-7-8-9-10-11;4-2-1-3(5)6/h2-11H2,1H3;1-2,4H2,(H,5,6). The van der Waals surface area contributed by atoms with Crippen LogP contribution in [0.5, 0.6) is 0 Å². The fourth-order valence-corrected chi connectivity index (χ4v) is 1.40. The van der Waals surface area contributed by atoms with E-state index in [4.69, 9.17) is 16.6 Å². The average molecular weight is 246 g/mol. The highest BCUT2D eigenvalue weighted by Gasteiger charge is 1.89. The highest BCUT2D eigenvalue weighted by molar-refractivity contribution is 5.66. The molecule has 0 aromatic rings. The number of aliphatic carboxylic acids is 1. The van der Waals surface area contributed by atoms with E-state index in [0.717, 1.165) is 6.54 Å². The first-order valence-corrected chi connectivity index (χ1v) is 6.80. The van der Waals surface area contributed by atoms with Gasteiger partial charge in [-0.2, -0.15) is 0 Å². The van der Waals surface area contributed by atoms with Gasteiger partial charge in [0.1, 0.15) is 0 Å². The molecule has 17 heavy (non-hydrogen) atoms. The lowest BCUT2D eigenvalue weighted by molar-refractivity contribution is -0.136. The maximum atomic E-state index is 9.52. The molecule has 0 aliphatic heterocycles. The van der Waals surface area contributed by atoms with Gasteiger partial charge in [0.2, 0.25) is 0 Å². The average Bonchev–Trinajstić information content (AvgIpc) is 2.29. The lowest BCUT2D eigenvalue weighted by atomic mass is 10.1. The second-order valence-corrected chi connectivity index (χ2v) is 4.20. The van der Waals surface area contributed by atoms with E-state index in [1.807, 2.05) is 0 Å². The van der Waals surface area contributed by atoms with Gasteiger partial charge in [-0.15, -0.1) is 0 Å². The van der Waals surface area contributed by atoms with Crippen LogP contribution in [0.25, 0.3) is 0 Å². The predicted octanol–water partition coefficient (Wildman–Crippen LogP) is 2.51. The van der Waals surface area contributed by atoms with Gasteiger partial charge in [-0.1, -0.05) is 51.9 Å². The molecule has 5 N–H and O–H groups in total. The Morgan fingerprint density at radius 1 is 0.882 bits per heavy atom. The van der Waals surface area contributed by atoms with Crippen LogP contribution in [0.1, 0.15) is 64.7 Å². The molecule has 0 amide bonds. The van der Waals surface area contributed by atoms with E-state index in [1.54, 1.807) is 0 Å². The van der Waals surface area contributed by atoms with Crippen LogP contribution in [0, 0.1) is 0 Å². The zero-order valence-electron chi connectivity index (χ0n) is 11.3. The Bertz CT molecular complexity index is 144. The Kier molecular flexibility index (Phi) is 19.6. The van der Waals surface area contributed by atoms with Crippen LogP contribution in [0.15, 0.2) is 0 Å². The van der Waals surface area contributed by atoms with Crippen molar-refractivity contribution in [3.63, 3.8) is 0 Å². The second kappa shape index (κ2) is 17.8. The minimum absolute atomic E-state index is 0.0694. The van der Waals surface area contributed by atoms with Gasteiger partial charge >= 0.3 is 5.97 Å². The van der Waals surface area contributed by atoms with Gasteiger partial charge in [0.15, 0.2) is 0 Å². The van der Waals surface area contributed by atoms with Crippen LogP contribution in [0.4, 0.5) is 0 Å². The van der Waals surface area contributed by atoms with Crippen molar-refractivity contribution in [1.82, 2.24) is 0 Å². The lowest BCUT2D eigenvalue weighted by Crippen LogP contribution is -2.05. The van der Waals surface area contributed by atoms with Crippen LogP contribution in [0.3, 0.4) is 0 Å². The quantitative estimate of drug-likeness (QED) is 0.517. The molecule has 0 radical (unpaired) electrons. The number of carboxylic acids is 1. The van der Waals surface area contributed by atoms with Crippen molar-refractivity contribution in [2.45, 2.75) is 64.7 Å². The number of carbonyl (C=O) groups is 1. The van der Waals surface area contributed by atoms with E-state index in [0.29, 0.717) is 0 Å². The van der Waals surface area contributed by atoms with Crippen LogP contribution >= 0.6 is 0 Å². The van der Waals surface area contributed by atoms with E-state index < -0.39 is 5.97 Å². The summed E-state index contributed by atoms with van der Waals surface area (Å²) >= 11 is 0. The van der Waals surface area contributed by atoms with Gasteiger partial charge in [-0.05, 0) is 13.0 Å². The van der Waals surface area contributed by atoms with Gasteiger partial charge in [-0.3, -0.25) is 4.79 Å². The lowest BCUT2D eigenvalue weighted by Gasteiger charge is -1.99. The summed E-state index contributed by atoms with van der Waals surface area (Å²) in [5.74, 6) is -0.836. The van der Waals surface area contributed by atoms with Gasteiger partial charge in [0, 0.05) is 6.54 Å². The fraction of sp³-hybridized carbons (Fsp3) is 0.923. The summed E-state index contributed by atoms with van der Waals surface area (Å²) in [7, 11) is 0. The molecule has 4 nitrogen and oxygen atoms in total. The Labute approximate surface area is 106 Å². The van der Waals surface area contributed by atoms with Crippen LogP contribution in [-0.2, 0) is 4.79 Å². The smallest absolute Gasteiger partial charge is 0.304 e. The molecule has 0 heterocycles. The maximum absolute atomic E-state index is 9.52. The Morgan fingerprint density at radius 2 is 1.35 bits per heavy atom. The minimum Gasteiger partial charge on any atom is -0.481 e. The molecule has 0 aromatic carbocycles. The largest absolute Gasteiger partial charge is 0.481 e. The van der Waals surface area contributed by atoms with E-state index in [9.17, 15) is 4.79 Å². The van der Waals surface area contributed by atoms with Gasteiger partial charge in [0.25, 0.3) is 0 Å². The second-order valence-electron chi connectivity index (χ2n) is 4.20. The van der Waals surface area contributed by atoms with Gasteiger partial charge in [-0.25, -0.2) is 0 Å². The van der Waals surface area contributed by atoms with Crippen LogP contribution < -0.4 is 11.5 Å². The molecule has 0 unspecified atom stereocenters. The number of nitrogens with two attached hydrogens (primary N) is 2. The fourth-order valence-electron chi connectivity index (χ4n) is 1.40. The van der Waals surface area contributed by atoms with Crippen molar-refractivity contribution in [3.05, 3.63) is 0 Å². The molecule has 104 valence electrons. The molecule has 0 saturated carbocycles. The molecular weight excluding hydrogens is 216 g/mol. The molecule has 0 aliphatic carbocycles. The molecule has 0 fully saturated rings. The third-order valence-electron chi connectivity index (χ3n) is 2.42. The van der Waals surface area contributed by atoms with E-state index in [1.165, 1.54) is 51.4 Å². The van der Waals surface area contributed by atoms with Crippen molar-refractivity contribution in [1.29, 1.82) is 0 Å². The summed E-state index contributed by atoms with van der Waals surface area (Å²) in [6, 6.07) is 0. The molecule has 0 aliphatic rings. The summed E-state index contributed by atoms with van der Waals surface area (Å²) in [5.41, 5.74) is 10.2. The summed E-state index contributed by atoms with van der Waals surface area (Å²) in [6.45, 7) is 3.36. The van der Waals surface area contributed by atoms with Crippen molar-refractivity contribution in [2.24, 2.45) is 11.5 Å². The van der Waals surface area contributed by atoms with E-state index in [2.05, 4.69) is 6.92 Å². The Morgan fingerprint density at radius 3 is 1.65 bits per heavy atom. The third-order valence-corrected chi connectivity index (χ3v) is 2.42. The molecule has 0 aromatic heterocycles. The first-order chi connectivity index (χ1) is 8.18. The topological polar surface area (TPSA) is 89.3 Å². The summed E-state index contributed by atoms with van der Waals surface area (Å²) in [6.07, 6.45) is 11.1. The zero-order chi connectivity index (χ0) is 13.4. The molecule has 0 rings (SSSR count). The van der Waals surface area contributed by atoms with Crippen molar-refractivity contribution >= 4 is 5.97 Å². The van der Waals surface area contributed by atoms with Gasteiger partial charge < -0.3 is 16.6 Å². The summed E-state index contributed by atoms with van der Waals surface area (Å²) < 4.78 is 0. The first-order valence-electron chi connectivity index (χ1n) is 6.80. The SMILES string of the molecule is CCCCCCCCCCN.NCCC(=O)O. The number of hydrogen-bond acceptors (Lipinski definition) is 3. The van der Waals surface area contributed by atoms with Gasteiger partial charge in [0.05, 0.1) is 6.42 Å². The number of hydrogen-bond donors (Lipinski definition) is 3. The molecule has 0 saturated heterocycles. The Hall–Kier alpha value is -0.610. The molecule has 0 spiro atoms.